The molecule has 2 heterocycles. The van der Waals surface area contributed by atoms with Gasteiger partial charge >= 0.3 is 5.97 Å². The zero-order valence-electron chi connectivity index (χ0n) is 20.8. The summed E-state index contributed by atoms with van der Waals surface area (Å²) in [5.74, 6) is 1.91. The van der Waals surface area contributed by atoms with Gasteiger partial charge in [-0.2, -0.15) is 0 Å². The Labute approximate surface area is 209 Å². The van der Waals surface area contributed by atoms with E-state index in [1.807, 2.05) is 24.3 Å². The number of epoxide rings is 1. The molecule has 0 radical (unpaired) electrons. The summed E-state index contributed by atoms with van der Waals surface area (Å²) in [7, 11) is 6.30. The predicted molar refractivity (Wildman–Crippen MR) is 132 cm³/mol. The number of esters is 1. The van der Waals surface area contributed by atoms with Gasteiger partial charge in [-0.3, -0.25) is 9.78 Å². The number of carbonyl (C=O) groups is 1. The number of aromatic amines is 1. The summed E-state index contributed by atoms with van der Waals surface area (Å²) >= 11 is 0. The van der Waals surface area contributed by atoms with Crippen molar-refractivity contribution < 1.29 is 33.2 Å². The average molecular weight is 495 g/mol. The van der Waals surface area contributed by atoms with Crippen LogP contribution in [0.25, 0.3) is 6.08 Å². The Morgan fingerprint density at radius 2 is 1.78 bits per heavy atom. The highest BCUT2D eigenvalue weighted by molar-refractivity contribution is 5.87. The molecule has 1 N–H and O–H groups in total. The van der Waals surface area contributed by atoms with Gasteiger partial charge in [0.05, 0.1) is 53.0 Å². The topological polar surface area (TPSA) is 96.5 Å². The molecule has 2 atom stereocenters. The summed E-state index contributed by atoms with van der Waals surface area (Å²) in [6, 6.07) is 11.5. The lowest BCUT2D eigenvalue weighted by atomic mass is 9.86. The second kappa shape index (κ2) is 9.66. The summed E-state index contributed by atoms with van der Waals surface area (Å²) < 4.78 is 35.1. The number of fused-ring (bicyclic) bond motifs is 2. The van der Waals surface area contributed by atoms with Crippen LogP contribution in [0.15, 0.2) is 42.5 Å². The molecule has 9 heteroatoms. The number of nitrogens with one attached hydrogen (secondary N) is 1. The van der Waals surface area contributed by atoms with Gasteiger partial charge in [-0.05, 0) is 54.3 Å². The van der Waals surface area contributed by atoms with Gasteiger partial charge in [-0.1, -0.05) is 12.1 Å². The minimum atomic E-state index is -0.427. The number of H-pyrrole nitrogens is 1. The van der Waals surface area contributed by atoms with E-state index in [-0.39, 0.29) is 11.7 Å². The molecule has 0 saturated carbocycles. The van der Waals surface area contributed by atoms with Gasteiger partial charge in [-0.25, -0.2) is 4.79 Å². The van der Waals surface area contributed by atoms with Crippen molar-refractivity contribution in [2.24, 2.45) is 0 Å². The van der Waals surface area contributed by atoms with Crippen molar-refractivity contribution in [2.75, 3.05) is 35.0 Å². The van der Waals surface area contributed by atoms with E-state index in [9.17, 15) is 4.79 Å². The van der Waals surface area contributed by atoms with E-state index in [4.69, 9.17) is 28.4 Å². The number of hydrogen-bond acceptors (Lipinski definition) is 7. The van der Waals surface area contributed by atoms with Crippen molar-refractivity contribution in [3.63, 3.8) is 0 Å². The Morgan fingerprint density at radius 1 is 1.08 bits per heavy atom. The first kappa shape index (κ1) is 23.9. The Kier molecular flexibility index (Phi) is 6.40. The second-order valence-electron chi connectivity index (χ2n) is 8.85. The van der Waals surface area contributed by atoms with Crippen molar-refractivity contribution in [3.05, 3.63) is 65.0 Å². The number of hydrogen-bond donors (Lipinski definition) is 1. The molecule has 5 rings (SSSR count). The zero-order chi connectivity index (χ0) is 25.3. The van der Waals surface area contributed by atoms with E-state index < -0.39 is 5.97 Å². The van der Waals surface area contributed by atoms with Crippen LogP contribution in [-0.4, -0.2) is 50.8 Å². The fourth-order valence-electron chi connectivity index (χ4n) is 4.75. The molecule has 0 amide bonds. The molecule has 0 bridgehead atoms. The van der Waals surface area contributed by atoms with Gasteiger partial charge in [0, 0.05) is 6.08 Å². The predicted octanol–water partition coefficient (Wildman–Crippen LogP) is 4.22. The van der Waals surface area contributed by atoms with Crippen LogP contribution in [0, 0.1) is 0 Å². The molecule has 1 spiro atoms. The molecule has 3 aromatic rings. The fourth-order valence-corrected chi connectivity index (χ4v) is 4.75. The SMILES string of the molecule is COc1ccc(Cn2[nH]c3c2C2(CCC3OC(=O)C=Cc3cc(OC)c(OC)c(OC)c3)CO2)cc1. The van der Waals surface area contributed by atoms with E-state index in [1.165, 1.54) is 6.08 Å². The highest BCUT2D eigenvalue weighted by Crippen LogP contribution is 2.52. The van der Waals surface area contributed by atoms with Crippen LogP contribution in [0.5, 0.6) is 23.0 Å². The van der Waals surface area contributed by atoms with Crippen molar-refractivity contribution in [1.29, 1.82) is 0 Å². The first-order valence-electron chi connectivity index (χ1n) is 11.7. The Hall–Kier alpha value is -3.85. The average Bonchev–Trinajstić information content (AvgIpc) is 3.65. The number of carbonyl (C=O) groups excluding carboxylic acids is 1. The fraction of sp³-hybridized carbons (Fsp3) is 0.370. The molecule has 2 aliphatic rings. The minimum Gasteiger partial charge on any atom is -0.497 e. The third-order valence-electron chi connectivity index (χ3n) is 6.69. The summed E-state index contributed by atoms with van der Waals surface area (Å²) in [5.41, 5.74) is 3.60. The van der Waals surface area contributed by atoms with Crippen molar-refractivity contribution in [3.8, 4) is 23.0 Å². The largest absolute Gasteiger partial charge is 0.497 e. The molecule has 1 saturated heterocycles. The smallest absolute Gasteiger partial charge is 0.331 e. The summed E-state index contributed by atoms with van der Waals surface area (Å²) in [5, 5.41) is 3.38. The van der Waals surface area contributed by atoms with Crippen LogP contribution in [0.3, 0.4) is 0 Å². The van der Waals surface area contributed by atoms with E-state index in [1.54, 1.807) is 46.6 Å². The van der Waals surface area contributed by atoms with Gasteiger partial charge in [0.2, 0.25) is 5.75 Å². The van der Waals surface area contributed by atoms with Crippen LogP contribution < -0.4 is 18.9 Å². The second-order valence-corrected chi connectivity index (χ2v) is 8.85. The van der Waals surface area contributed by atoms with Gasteiger partial charge in [0.25, 0.3) is 0 Å². The zero-order valence-corrected chi connectivity index (χ0v) is 20.8. The molecule has 1 aromatic heterocycles. The lowest BCUT2D eigenvalue weighted by molar-refractivity contribution is -0.145. The summed E-state index contributed by atoms with van der Waals surface area (Å²) in [6.07, 6.45) is 4.24. The van der Waals surface area contributed by atoms with E-state index in [0.29, 0.717) is 36.8 Å². The van der Waals surface area contributed by atoms with Crippen LogP contribution in [0.2, 0.25) is 0 Å². The lowest BCUT2D eigenvalue weighted by Gasteiger charge is -2.35. The van der Waals surface area contributed by atoms with Gasteiger partial charge in [0.1, 0.15) is 17.5 Å². The highest BCUT2D eigenvalue weighted by Gasteiger charge is 2.55. The summed E-state index contributed by atoms with van der Waals surface area (Å²) in [6.45, 7) is 1.37. The van der Waals surface area contributed by atoms with Gasteiger partial charge in [0.15, 0.2) is 11.5 Å². The van der Waals surface area contributed by atoms with E-state index in [2.05, 4.69) is 9.78 Å². The molecule has 9 nitrogen and oxygen atoms in total. The Balaban J connectivity index is 1.29. The minimum absolute atomic E-state index is 0.262. The number of rotatable bonds is 9. The van der Waals surface area contributed by atoms with Crippen LogP contribution >= 0.6 is 0 Å². The molecular weight excluding hydrogens is 464 g/mol. The number of nitrogens with zero attached hydrogens (tertiary/aromatic N) is 1. The molecule has 1 aliphatic heterocycles. The molecule has 190 valence electrons. The van der Waals surface area contributed by atoms with Crippen LogP contribution in [0.1, 0.15) is 41.5 Å². The first-order chi connectivity index (χ1) is 17.5. The van der Waals surface area contributed by atoms with Gasteiger partial charge < -0.3 is 28.4 Å². The molecular formula is C27H30N2O7. The van der Waals surface area contributed by atoms with E-state index in [0.717, 1.165) is 34.7 Å². The molecule has 36 heavy (non-hydrogen) atoms. The third-order valence-corrected chi connectivity index (χ3v) is 6.69. The number of aromatic nitrogens is 2. The normalized spacial score (nSPS) is 20.3. The van der Waals surface area contributed by atoms with E-state index >= 15 is 0 Å². The lowest BCUT2D eigenvalue weighted by Crippen LogP contribution is -2.36. The van der Waals surface area contributed by atoms with Crippen LogP contribution in [0.4, 0.5) is 0 Å². The number of ether oxygens (including phenoxy) is 6. The maximum absolute atomic E-state index is 12.7. The molecule has 2 unspecified atom stereocenters. The summed E-state index contributed by atoms with van der Waals surface area (Å²) in [4.78, 5) is 12.7. The quantitative estimate of drug-likeness (QED) is 0.270. The Morgan fingerprint density at radius 3 is 2.36 bits per heavy atom. The number of benzene rings is 2. The van der Waals surface area contributed by atoms with Crippen molar-refractivity contribution in [1.82, 2.24) is 9.78 Å². The monoisotopic (exact) mass is 494 g/mol. The standard InChI is InChI=1S/C27H30N2O7/c1-31-19-8-5-17(6-9-19)15-29-26-24(28-29)20(11-12-27(26)16-35-27)36-23(30)10-7-18-13-21(32-2)25(34-4)22(14-18)33-3/h5-10,13-14,20,28H,11-12,15-16H2,1-4H3. The molecule has 1 fully saturated rings. The van der Waals surface area contributed by atoms with Crippen LogP contribution in [-0.2, 0) is 26.4 Å². The maximum atomic E-state index is 12.7. The molecule has 2 aromatic carbocycles. The highest BCUT2D eigenvalue weighted by atomic mass is 16.6. The van der Waals surface area contributed by atoms with Crippen molar-refractivity contribution >= 4 is 12.0 Å². The Bertz CT molecular complexity index is 1240. The van der Waals surface area contributed by atoms with Gasteiger partial charge in [-0.15, -0.1) is 0 Å². The molecule has 1 aliphatic carbocycles. The maximum Gasteiger partial charge on any atom is 0.331 e. The number of methoxy groups -OCH3 is 4. The first-order valence-corrected chi connectivity index (χ1v) is 11.7. The van der Waals surface area contributed by atoms with Crippen molar-refractivity contribution in [2.45, 2.75) is 31.1 Å². The third kappa shape index (κ3) is 4.42.